The van der Waals surface area contributed by atoms with Crippen LogP contribution in [0.25, 0.3) is 0 Å². The number of piperidine rings is 1. The molecule has 98 valence electrons. The van der Waals surface area contributed by atoms with Crippen molar-refractivity contribution in [3.8, 4) is 0 Å². The predicted molar refractivity (Wildman–Crippen MR) is 76.2 cm³/mol. The quantitative estimate of drug-likeness (QED) is 0.800. The number of fused-ring (bicyclic) bond motifs is 2. The van der Waals surface area contributed by atoms with Gasteiger partial charge in [-0.2, -0.15) is 0 Å². The molecule has 2 bridgehead atoms. The van der Waals surface area contributed by atoms with E-state index in [0.717, 1.165) is 25.2 Å². The van der Waals surface area contributed by atoms with Gasteiger partial charge in [0.15, 0.2) is 0 Å². The number of hydrogen-bond donors (Lipinski definition) is 0. The Morgan fingerprint density at radius 2 is 1.89 bits per heavy atom. The van der Waals surface area contributed by atoms with Crippen LogP contribution in [0.1, 0.15) is 25.7 Å². The molecule has 18 heavy (non-hydrogen) atoms. The molecule has 0 amide bonds. The topological polar surface area (TPSA) is 25.2 Å². The zero-order valence-electron chi connectivity index (χ0n) is 10.5. The molecule has 3 heterocycles. The van der Waals surface area contributed by atoms with Crippen molar-refractivity contribution >= 4 is 15.9 Å². The highest BCUT2D eigenvalue weighted by atomic mass is 79.9. The number of halogens is 1. The zero-order chi connectivity index (χ0) is 12.5. The van der Waals surface area contributed by atoms with Crippen LogP contribution in [0.5, 0.6) is 0 Å². The summed E-state index contributed by atoms with van der Waals surface area (Å²) in [4.78, 5) is 15.0. The first-order valence-corrected chi connectivity index (χ1v) is 7.71. The Hall–Kier alpha value is -0.610. The lowest BCUT2D eigenvalue weighted by Gasteiger charge is -2.37. The Bertz CT molecular complexity index is 459. The van der Waals surface area contributed by atoms with Gasteiger partial charge in [0.05, 0.1) is 0 Å². The molecule has 0 radical (unpaired) electrons. The molecule has 0 saturated carbocycles. The molecule has 3 rings (SSSR count). The van der Waals surface area contributed by atoms with E-state index in [9.17, 15) is 4.79 Å². The van der Waals surface area contributed by atoms with Gasteiger partial charge in [0, 0.05) is 42.3 Å². The fourth-order valence-electron chi connectivity index (χ4n) is 3.44. The van der Waals surface area contributed by atoms with E-state index in [1.54, 1.807) is 12.1 Å². The number of pyridine rings is 1. The minimum absolute atomic E-state index is 0.111. The Morgan fingerprint density at radius 1 is 1.17 bits per heavy atom. The summed E-state index contributed by atoms with van der Waals surface area (Å²) in [6.07, 6.45) is 7.08. The van der Waals surface area contributed by atoms with Gasteiger partial charge >= 0.3 is 0 Å². The van der Waals surface area contributed by atoms with Gasteiger partial charge in [-0.25, -0.2) is 0 Å². The number of rotatable bonds is 3. The second kappa shape index (κ2) is 5.17. The summed E-state index contributed by atoms with van der Waals surface area (Å²) in [6.45, 7) is 1.83. The summed E-state index contributed by atoms with van der Waals surface area (Å²) >= 11 is 3.76. The normalized spacial score (nSPS) is 31.7. The molecule has 2 saturated heterocycles. The fourth-order valence-corrected chi connectivity index (χ4v) is 4.30. The smallest absolute Gasteiger partial charge is 0.250 e. The van der Waals surface area contributed by atoms with Gasteiger partial charge in [0.1, 0.15) is 0 Å². The Labute approximate surface area is 116 Å². The fraction of sp³-hybridized carbons (Fsp3) is 0.643. The van der Waals surface area contributed by atoms with Crippen molar-refractivity contribution in [2.75, 3.05) is 6.54 Å². The van der Waals surface area contributed by atoms with E-state index in [4.69, 9.17) is 0 Å². The van der Waals surface area contributed by atoms with E-state index in [1.165, 1.54) is 25.7 Å². The van der Waals surface area contributed by atoms with Crippen LogP contribution >= 0.6 is 15.9 Å². The number of aromatic nitrogens is 1. The van der Waals surface area contributed by atoms with Gasteiger partial charge in [-0.05, 0) is 31.7 Å². The van der Waals surface area contributed by atoms with Gasteiger partial charge in [-0.3, -0.25) is 9.69 Å². The van der Waals surface area contributed by atoms with E-state index >= 15 is 0 Å². The molecule has 0 aliphatic carbocycles. The molecule has 0 spiro atoms. The monoisotopic (exact) mass is 310 g/mol. The summed E-state index contributed by atoms with van der Waals surface area (Å²) < 4.78 is 1.82. The number of hydrogen-bond acceptors (Lipinski definition) is 2. The molecule has 2 fully saturated rings. The summed E-state index contributed by atoms with van der Waals surface area (Å²) in [5.41, 5.74) is 0.111. The molecule has 2 aliphatic rings. The van der Waals surface area contributed by atoms with Gasteiger partial charge in [-0.15, -0.1) is 0 Å². The standard InChI is InChI=1S/C14H19BrN2O/c15-11-9-12-4-5-13(10-11)17(12)8-7-16-6-2-1-3-14(16)18/h1-3,6,11-13H,4-5,7-10H2. The van der Waals surface area contributed by atoms with Crippen LogP contribution in [0.4, 0.5) is 0 Å². The van der Waals surface area contributed by atoms with E-state index in [1.807, 2.05) is 16.8 Å². The van der Waals surface area contributed by atoms with E-state index < -0.39 is 0 Å². The maximum Gasteiger partial charge on any atom is 0.250 e. The van der Waals surface area contributed by atoms with E-state index in [2.05, 4.69) is 20.8 Å². The first kappa shape index (κ1) is 12.4. The highest BCUT2D eigenvalue weighted by Crippen LogP contribution is 2.38. The third kappa shape index (κ3) is 2.41. The lowest BCUT2D eigenvalue weighted by atomic mass is 10.0. The molecule has 2 unspecified atom stereocenters. The van der Waals surface area contributed by atoms with Crippen molar-refractivity contribution in [2.24, 2.45) is 0 Å². The number of alkyl halides is 1. The van der Waals surface area contributed by atoms with Crippen LogP contribution in [-0.2, 0) is 6.54 Å². The van der Waals surface area contributed by atoms with Crippen molar-refractivity contribution in [1.82, 2.24) is 9.47 Å². The lowest BCUT2D eigenvalue weighted by molar-refractivity contribution is 0.139. The summed E-state index contributed by atoms with van der Waals surface area (Å²) in [7, 11) is 0. The van der Waals surface area contributed by atoms with Gasteiger partial charge in [0.2, 0.25) is 0 Å². The van der Waals surface area contributed by atoms with Crippen LogP contribution in [0.15, 0.2) is 29.2 Å². The van der Waals surface area contributed by atoms with Crippen LogP contribution in [0.2, 0.25) is 0 Å². The average Bonchev–Trinajstić information content (AvgIpc) is 2.60. The van der Waals surface area contributed by atoms with E-state index in [-0.39, 0.29) is 5.56 Å². The first-order chi connectivity index (χ1) is 8.74. The molecular weight excluding hydrogens is 292 g/mol. The molecule has 3 nitrogen and oxygen atoms in total. The Balaban J connectivity index is 1.65. The Kier molecular flexibility index (Phi) is 3.57. The van der Waals surface area contributed by atoms with Crippen molar-refractivity contribution in [3.63, 3.8) is 0 Å². The minimum atomic E-state index is 0.111. The molecule has 1 aromatic rings. The molecule has 2 aliphatic heterocycles. The molecule has 4 heteroatoms. The van der Waals surface area contributed by atoms with Crippen LogP contribution in [0.3, 0.4) is 0 Å². The van der Waals surface area contributed by atoms with Crippen molar-refractivity contribution in [3.05, 3.63) is 34.7 Å². The third-order valence-electron chi connectivity index (χ3n) is 4.32. The first-order valence-electron chi connectivity index (χ1n) is 6.79. The Morgan fingerprint density at radius 3 is 2.56 bits per heavy atom. The highest BCUT2D eigenvalue weighted by Gasteiger charge is 2.39. The molecule has 0 N–H and O–H groups in total. The molecule has 2 atom stereocenters. The number of nitrogens with zero attached hydrogens (tertiary/aromatic N) is 2. The molecule has 0 aromatic carbocycles. The predicted octanol–water partition coefficient (Wildman–Crippen LogP) is 2.24. The van der Waals surface area contributed by atoms with Crippen LogP contribution in [0, 0.1) is 0 Å². The maximum atomic E-state index is 11.7. The highest BCUT2D eigenvalue weighted by molar-refractivity contribution is 9.09. The SMILES string of the molecule is O=c1ccccn1CCN1C2CCC1CC(Br)C2. The largest absolute Gasteiger partial charge is 0.314 e. The van der Waals surface area contributed by atoms with Gasteiger partial charge in [-0.1, -0.05) is 22.0 Å². The molecule has 1 aromatic heterocycles. The minimum Gasteiger partial charge on any atom is -0.314 e. The second-order valence-electron chi connectivity index (χ2n) is 5.42. The molecular formula is C14H19BrN2O. The van der Waals surface area contributed by atoms with Crippen molar-refractivity contribution < 1.29 is 0 Å². The van der Waals surface area contributed by atoms with Crippen molar-refractivity contribution in [1.29, 1.82) is 0 Å². The van der Waals surface area contributed by atoms with Crippen molar-refractivity contribution in [2.45, 2.75) is 49.1 Å². The summed E-state index contributed by atoms with van der Waals surface area (Å²) in [6, 6.07) is 6.83. The zero-order valence-corrected chi connectivity index (χ0v) is 12.1. The summed E-state index contributed by atoms with van der Waals surface area (Å²) in [5, 5.41) is 0. The summed E-state index contributed by atoms with van der Waals surface area (Å²) in [5.74, 6) is 0. The average molecular weight is 311 g/mol. The van der Waals surface area contributed by atoms with Gasteiger partial charge in [0.25, 0.3) is 5.56 Å². The third-order valence-corrected chi connectivity index (χ3v) is 5.07. The second-order valence-corrected chi connectivity index (χ2v) is 6.72. The van der Waals surface area contributed by atoms with Gasteiger partial charge < -0.3 is 4.57 Å². The van der Waals surface area contributed by atoms with Crippen LogP contribution in [-0.4, -0.2) is 32.9 Å². The van der Waals surface area contributed by atoms with E-state index in [0.29, 0.717) is 4.83 Å². The maximum absolute atomic E-state index is 11.7. The lowest BCUT2D eigenvalue weighted by Crippen LogP contribution is -2.45. The van der Waals surface area contributed by atoms with Crippen LogP contribution < -0.4 is 5.56 Å².